The van der Waals surface area contributed by atoms with Crippen molar-refractivity contribution in [3.05, 3.63) is 65.2 Å². The molecule has 0 spiro atoms. The average Bonchev–Trinajstić information content (AvgIpc) is 2.46. The van der Waals surface area contributed by atoms with Gasteiger partial charge in [0.1, 0.15) is 11.9 Å². The summed E-state index contributed by atoms with van der Waals surface area (Å²) in [6.07, 6.45) is -5.38. The molecule has 0 aliphatic carbocycles. The minimum Gasteiger partial charge on any atom is -0.483 e. The molecule has 2 aromatic carbocycles. The van der Waals surface area contributed by atoms with Crippen LogP contribution in [0, 0.1) is 0 Å². The second-order valence-corrected chi connectivity index (χ2v) is 5.04. The van der Waals surface area contributed by atoms with Gasteiger partial charge in [0.15, 0.2) is 0 Å². The van der Waals surface area contributed by atoms with Crippen LogP contribution in [0.4, 0.5) is 13.2 Å². The zero-order valence-electron chi connectivity index (χ0n) is 11.0. The van der Waals surface area contributed by atoms with Crippen molar-refractivity contribution < 1.29 is 23.0 Å². The van der Waals surface area contributed by atoms with Gasteiger partial charge in [0.2, 0.25) is 0 Å². The van der Waals surface area contributed by atoms with E-state index in [0.29, 0.717) is 17.7 Å². The summed E-state index contributed by atoms with van der Waals surface area (Å²) in [7, 11) is 0. The Bertz CT molecular complexity index is 635. The first-order valence-electron chi connectivity index (χ1n) is 6.55. The smallest absolute Gasteiger partial charge is 0.416 e. The summed E-state index contributed by atoms with van der Waals surface area (Å²) in [5, 5.41) is 10.2. The van der Waals surface area contributed by atoms with E-state index < -0.39 is 23.9 Å². The van der Waals surface area contributed by atoms with E-state index in [2.05, 4.69) is 0 Å². The van der Waals surface area contributed by atoms with Crippen LogP contribution in [0.15, 0.2) is 48.5 Å². The summed E-state index contributed by atoms with van der Waals surface area (Å²) < 4.78 is 43.4. The third kappa shape index (κ3) is 2.74. The van der Waals surface area contributed by atoms with E-state index in [0.717, 1.165) is 17.7 Å². The van der Waals surface area contributed by atoms with Crippen molar-refractivity contribution in [2.45, 2.75) is 24.8 Å². The first-order valence-corrected chi connectivity index (χ1v) is 6.55. The zero-order chi connectivity index (χ0) is 15.0. The van der Waals surface area contributed by atoms with Crippen LogP contribution in [0.1, 0.15) is 22.8 Å². The average molecular weight is 294 g/mol. The molecule has 110 valence electrons. The number of aliphatic hydroxyl groups excluding tert-OH is 1. The van der Waals surface area contributed by atoms with Crippen molar-refractivity contribution in [2.75, 3.05) is 0 Å². The van der Waals surface area contributed by atoms with Crippen molar-refractivity contribution in [3.8, 4) is 5.75 Å². The maximum Gasteiger partial charge on any atom is 0.416 e. The molecule has 3 rings (SSSR count). The summed E-state index contributed by atoms with van der Waals surface area (Å²) in [4.78, 5) is 0. The minimum absolute atomic E-state index is 0.419. The second kappa shape index (κ2) is 5.07. The predicted molar refractivity (Wildman–Crippen MR) is 71.0 cm³/mol. The van der Waals surface area contributed by atoms with Crippen LogP contribution < -0.4 is 4.74 Å². The highest BCUT2D eigenvalue weighted by atomic mass is 19.4. The van der Waals surface area contributed by atoms with Crippen molar-refractivity contribution in [3.63, 3.8) is 0 Å². The van der Waals surface area contributed by atoms with E-state index in [1.54, 1.807) is 6.07 Å². The number of rotatable bonds is 1. The number of hydrogen-bond donors (Lipinski definition) is 1. The van der Waals surface area contributed by atoms with Crippen LogP contribution in [0.25, 0.3) is 0 Å². The lowest BCUT2D eigenvalue weighted by Crippen LogP contribution is -2.30. The highest BCUT2D eigenvalue weighted by molar-refractivity contribution is 5.38. The molecule has 0 amide bonds. The molecule has 0 saturated carbocycles. The molecular weight excluding hydrogens is 281 g/mol. The van der Waals surface area contributed by atoms with Gasteiger partial charge in [0.25, 0.3) is 0 Å². The van der Waals surface area contributed by atoms with Crippen LogP contribution in [0.2, 0.25) is 0 Å². The Kier molecular flexibility index (Phi) is 3.37. The quantitative estimate of drug-likeness (QED) is 0.868. The van der Waals surface area contributed by atoms with Gasteiger partial charge in [-0.25, -0.2) is 0 Å². The van der Waals surface area contributed by atoms with Crippen LogP contribution in [-0.2, 0) is 12.6 Å². The molecule has 1 heterocycles. The predicted octanol–water partition coefficient (Wildman–Crippen LogP) is 3.74. The maximum absolute atomic E-state index is 12.6. The molecule has 2 atom stereocenters. The Morgan fingerprint density at radius 1 is 1.00 bits per heavy atom. The molecule has 0 saturated heterocycles. The third-order valence-corrected chi connectivity index (χ3v) is 3.57. The molecule has 0 radical (unpaired) electrons. The summed E-state index contributed by atoms with van der Waals surface area (Å²) in [6, 6.07) is 12.0. The normalized spacial score (nSPS) is 21.5. The maximum atomic E-state index is 12.6. The number of alkyl halides is 3. The molecule has 2 nitrogen and oxygen atoms in total. The van der Waals surface area contributed by atoms with E-state index in [-0.39, 0.29) is 0 Å². The topological polar surface area (TPSA) is 29.5 Å². The molecule has 0 bridgehead atoms. The largest absolute Gasteiger partial charge is 0.483 e. The van der Waals surface area contributed by atoms with E-state index in [1.165, 1.54) is 12.1 Å². The number of aliphatic hydroxyl groups is 1. The van der Waals surface area contributed by atoms with Crippen molar-refractivity contribution >= 4 is 0 Å². The number of benzene rings is 2. The molecular formula is C16H13F3O2. The van der Waals surface area contributed by atoms with Crippen molar-refractivity contribution in [1.82, 2.24) is 0 Å². The van der Waals surface area contributed by atoms with Gasteiger partial charge in [0, 0.05) is 6.42 Å². The fourth-order valence-electron chi connectivity index (χ4n) is 2.49. The Labute approximate surface area is 119 Å². The molecule has 1 aliphatic heterocycles. The highest BCUT2D eigenvalue weighted by Gasteiger charge is 2.32. The molecule has 0 unspecified atom stereocenters. The minimum atomic E-state index is -4.36. The first kappa shape index (κ1) is 13.9. The van der Waals surface area contributed by atoms with Crippen LogP contribution >= 0.6 is 0 Å². The molecule has 2 aromatic rings. The molecule has 0 aromatic heterocycles. The van der Waals surface area contributed by atoms with Crippen molar-refractivity contribution in [1.29, 1.82) is 0 Å². The van der Waals surface area contributed by atoms with E-state index >= 15 is 0 Å². The van der Waals surface area contributed by atoms with E-state index in [1.807, 2.05) is 18.2 Å². The van der Waals surface area contributed by atoms with E-state index in [9.17, 15) is 18.3 Å². The molecule has 21 heavy (non-hydrogen) atoms. The Morgan fingerprint density at radius 3 is 2.33 bits per heavy atom. The van der Waals surface area contributed by atoms with Crippen LogP contribution in [0.5, 0.6) is 5.75 Å². The van der Waals surface area contributed by atoms with Gasteiger partial charge in [-0.1, -0.05) is 30.3 Å². The van der Waals surface area contributed by atoms with Gasteiger partial charge in [-0.15, -0.1) is 0 Å². The fourth-order valence-corrected chi connectivity index (χ4v) is 2.49. The highest BCUT2D eigenvalue weighted by Crippen LogP contribution is 2.36. The standard InChI is InChI=1S/C16H13F3O2/c17-16(18,19)12-7-5-10(6-8-12)15-13(20)9-11-3-1-2-4-14(11)21-15/h1-8,13,15,20H,9H2/t13-,15+/m0/s1. The summed E-state index contributed by atoms with van der Waals surface area (Å²) in [6.45, 7) is 0. The zero-order valence-corrected chi connectivity index (χ0v) is 11.0. The Balaban J connectivity index is 1.88. The lowest BCUT2D eigenvalue weighted by Gasteiger charge is -2.31. The lowest BCUT2D eigenvalue weighted by atomic mass is 9.94. The number of fused-ring (bicyclic) bond motifs is 1. The molecule has 1 aliphatic rings. The third-order valence-electron chi connectivity index (χ3n) is 3.57. The van der Waals surface area contributed by atoms with Gasteiger partial charge in [-0.2, -0.15) is 13.2 Å². The number of para-hydroxylation sites is 1. The number of hydrogen-bond acceptors (Lipinski definition) is 2. The number of ether oxygens (including phenoxy) is 1. The van der Waals surface area contributed by atoms with Gasteiger partial charge >= 0.3 is 6.18 Å². The molecule has 1 N–H and O–H groups in total. The lowest BCUT2D eigenvalue weighted by molar-refractivity contribution is -0.137. The summed E-state index contributed by atoms with van der Waals surface area (Å²) >= 11 is 0. The number of halogens is 3. The van der Waals surface area contributed by atoms with Crippen LogP contribution in [-0.4, -0.2) is 11.2 Å². The Morgan fingerprint density at radius 2 is 1.67 bits per heavy atom. The molecule has 5 heteroatoms. The Hall–Kier alpha value is -2.01. The molecule has 0 fully saturated rings. The first-order chi connectivity index (χ1) is 9.95. The van der Waals surface area contributed by atoms with E-state index in [4.69, 9.17) is 4.74 Å². The summed E-state index contributed by atoms with van der Waals surface area (Å²) in [5.41, 5.74) is 0.718. The van der Waals surface area contributed by atoms with Gasteiger partial charge < -0.3 is 9.84 Å². The summed E-state index contributed by atoms with van der Waals surface area (Å²) in [5.74, 6) is 0.660. The van der Waals surface area contributed by atoms with Gasteiger partial charge in [-0.05, 0) is 29.3 Å². The van der Waals surface area contributed by atoms with Crippen LogP contribution in [0.3, 0.4) is 0 Å². The second-order valence-electron chi connectivity index (χ2n) is 5.04. The fraction of sp³-hybridized carbons (Fsp3) is 0.250. The monoisotopic (exact) mass is 294 g/mol. The van der Waals surface area contributed by atoms with Gasteiger partial charge in [0.05, 0.1) is 11.7 Å². The van der Waals surface area contributed by atoms with Crippen molar-refractivity contribution in [2.24, 2.45) is 0 Å². The van der Waals surface area contributed by atoms with Gasteiger partial charge in [-0.3, -0.25) is 0 Å². The SMILES string of the molecule is O[C@H]1Cc2ccccc2O[C@@H]1c1ccc(C(F)(F)F)cc1.